The Morgan fingerprint density at radius 3 is 2.79 bits per heavy atom. The van der Waals surface area contributed by atoms with E-state index in [1.54, 1.807) is 0 Å². The summed E-state index contributed by atoms with van der Waals surface area (Å²) in [5.41, 5.74) is 4.92. The smallest absolute Gasteiger partial charge is 0.224 e. The van der Waals surface area contributed by atoms with Gasteiger partial charge in [-0.05, 0) is 62.5 Å². The van der Waals surface area contributed by atoms with E-state index in [4.69, 9.17) is 0 Å². The molecule has 24 heavy (non-hydrogen) atoms. The average Bonchev–Trinajstić information content (AvgIpc) is 2.94. The van der Waals surface area contributed by atoms with E-state index in [9.17, 15) is 4.79 Å². The van der Waals surface area contributed by atoms with Gasteiger partial charge in [0.15, 0.2) is 0 Å². The SMILES string of the molecule is CCCC(=O)Nc1ccc2[nH]c3c(c2c1)CC(N(CC)CC)CC3. The number of carbonyl (C=O) groups is 1. The molecule has 0 saturated carbocycles. The van der Waals surface area contributed by atoms with Gasteiger partial charge in [-0.25, -0.2) is 0 Å². The predicted octanol–water partition coefficient (Wildman–Crippen LogP) is 4.11. The van der Waals surface area contributed by atoms with Crippen LogP contribution >= 0.6 is 0 Å². The van der Waals surface area contributed by atoms with Crippen LogP contribution in [-0.4, -0.2) is 34.9 Å². The molecule has 0 saturated heterocycles. The van der Waals surface area contributed by atoms with Gasteiger partial charge in [0.2, 0.25) is 5.91 Å². The number of benzene rings is 1. The molecule has 0 aliphatic heterocycles. The molecule has 0 spiro atoms. The Kier molecular flexibility index (Phi) is 5.24. The van der Waals surface area contributed by atoms with E-state index in [2.05, 4.69) is 41.2 Å². The Morgan fingerprint density at radius 2 is 2.08 bits per heavy atom. The van der Waals surface area contributed by atoms with Crippen molar-refractivity contribution in [2.75, 3.05) is 18.4 Å². The minimum absolute atomic E-state index is 0.0993. The average molecular weight is 327 g/mol. The molecule has 4 heteroatoms. The zero-order valence-electron chi connectivity index (χ0n) is 15.1. The molecule has 0 bridgehead atoms. The topological polar surface area (TPSA) is 48.1 Å². The standard InChI is InChI=1S/C20H29N3O/c1-4-7-20(24)21-14-8-10-18-16(12-14)17-13-15(23(5-2)6-3)9-11-19(17)22-18/h8,10,12,15,22H,4-7,9,11,13H2,1-3H3,(H,21,24). The summed E-state index contributed by atoms with van der Waals surface area (Å²) in [7, 11) is 0. The molecular formula is C20H29N3O. The van der Waals surface area contributed by atoms with Crippen molar-refractivity contribution in [2.24, 2.45) is 0 Å². The lowest BCUT2D eigenvalue weighted by Gasteiger charge is -2.32. The molecule has 0 fully saturated rings. The summed E-state index contributed by atoms with van der Waals surface area (Å²) < 4.78 is 0. The van der Waals surface area contributed by atoms with Crippen molar-refractivity contribution < 1.29 is 4.79 Å². The number of hydrogen-bond donors (Lipinski definition) is 2. The van der Waals surface area contributed by atoms with E-state index >= 15 is 0 Å². The van der Waals surface area contributed by atoms with Gasteiger partial charge < -0.3 is 15.2 Å². The number of aromatic amines is 1. The lowest BCUT2D eigenvalue weighted by atomic mass is 9.90. The molecule has 1 unspecified atom stereocenters. The van der Waals surface area contributed by atoms with Crippen LogP contribution in [0.5, 0.6) is 0 Å². The summed E-state index contributed by atoms with van der Waals surface area (Å²) in [5.74, 6) is 0.0993. The van der Waals surface area contributed by atoms with Gasteiger partial charge in [0.25, 0.3) is 0 Å². The highest BCUT2D eigenvalue weighted by Crippen LogP contribution is 2.32. The summed E-state index contributed by atoms with van der Waals surface area (Å²) in [4.78, 5) is 18.0. The van der Waals surface area contributed by atoms with Crippen molar-refractivity contribution in [1.82, 2.24) is 9.88 Å². The first-order valence-corrected chi connectivity index (χ1v) is 9.33. The number of likely N-dealkylation sites (N-methyl/N-ethyl adjacent to an activating group) is 1. The number of nitrogens with zero attached hydrogens (tertiary/aromatic N) is 1. The third kappa shape index (κ3) is 3.34. The van der Waals surface area contributed by atoms with E-state index < -0.39 is 0 Å². The van der Waals surface area contributed by atoms with Gasteiger partial charge in [0.05, 0.1) is 0 Å². The highest BCUT2D eigenvalue weighted by atomic mass is 16.1. The van der Waals surface area contributed by atoms with Crippen LogP contribution in [-0.2, 0) is 17.6 Å². The number of amides is 1. The molecule has 1 aliphatic carbocycles. The lowest BCUT2D eigenvalue weighted by Crippen LogP contribution is -2.38. The molecule has 2 aromatic rings. The first-order valence-electron chi connectivity index (χ1n) is 9.33. The molecule has 1 atom stereocenters. The minimum Gasteiger partial charge on any atom is -0.358 e. The second kappa shape index (κ2) is 7.39. The number of anilines is 1. The number of nitrogens with one attached hydrogen (secondary N) is 2. The zero-order chi connectivity index (χ0) is 17.1. The summed E-state index contributed by atoms with van der Waals surface area (Å²) >= 11 is 0. The van der Waals surface area contributed by atoms with Gasteiger partial charge in [0.1, 0.15) is 0 Å². The fourth-order valence-electron chi connectivity index (χ4n) is 3.98. The van der Waals surface area contributed by atoms with Gasteiger partial charge in [-0.15, -0.1) is 0 Å². The Balaban J connectivity index is 1.88. The third-order valence-electron chi connectivity index (χ3n) is 5.25. The molecule has 4 nitrogen and oxygen atoms in total. The quantitative estimate of drug-likeness (QED) is 0.839. The van der Waals surface area contributed by atoms with Crippen molar-refractivity contribution in [3.05, 3.63) is 29.5 Å². The Hall–Kier alpha value is -1.81. The van der Waals surface area contributed by atoms with E-state index in [0.717, 1.165) is 38.0 Å². The maximum Gasteiger partial charge on any atom is 0.224 e. The highest BCUT2D eigenvalue weighted by Gasteiger charge is 2.25. The van der Waals surface area contributed by atoms with Crippen molar-refractivity contribution in [3.63, 3.8) is 0 Å². The van der Waals surface area contributed by atoms with E-state index in [-0.39, 0.29) is 5.91 Å². The van der Waals surface area contributed by atoms with Gasteiger partial charge in [0, 0.05) is 34.7 Å². The van der Waals surface area contributed by atoms with Crippen molar-refractivity contribution >= 4 is 22.5 Å². The van der Waals surface area contributed by atoms with Crippen LogP contribution < -0.4 is 5.32 Å². The lowest BCUT2D eigenvalue weighted by molar-refractivity contribution is -0.116. The summed E-state index contributed by atoms with van der Waals surface area (Å²) in [5, 5.41) is 4.30. The molecule has 1 aliphatic rings. The number of H-pyrrole nitrogens is 1. The first-order chi connectivity index (χ1) is 11.7. The fourth-order valence-corrected chi connectivity index (χ4v) is 3.98. The van der Waals surface area contributed by atoms with Gasteiger partial charge in [-0.2, -0.15) is 0 Å². The second-order valence-corrected chi connectivity index (χ2v) is 6.76. The number of hydrogen-bond acceptors (Lipinski definition) is 2. The molecule has 1 amide bonds. The number of fused-ring (bicyclic) bond motifs is 3. The summed E-state index contributed by atoms with van der Waals surface area (Å²) in [6, 6.07) is 6.87. The van der Waals surface area contributed by atoms with Crippen molar-refractivity contribution in [1.29, 1.82) is 0 Å². The van der Waals surface area contributed by atoms with Crippen LogP contribution in [0.1, 0.15) is 51.3 Å². The van der Waals surface area contributed by atoms with Crippen molar-refractivity contribution in [3.8, 4) is 0 Å². The van der Waals surface area contributed by atoms with E-state index in [0.29, 0.717) is 12.5 Å². The van der Waals surface area contributed by atoms with E-state index in [1.807, 2.05) is 13.0 Å². The summed E-state index contributed by atoms with van der Waals surface area (Å²) in [6.45, 7) is 8.73. The third-order valence-corrected chi connectivity index (χ3v) is 5.25. The van der Waals surface area contributed by atoms with Gasteiger partial charge in [-0.3, -0.25) is 4.79 Å². The Morgan fingerprint density at radius 1 is 1.29 bits per heavy atom. The zero-order valence-corrected chi connectivity index (χ0v) is 15.1. The molecule has 2 N–H and O–H groups in total. The van der Waals surface area contributed by atoms with Crippen molar-refractivity contribution in [2.45, 2.75) is 58.9 Å². The molecule has 0 radical (unpaired) electrons. The normalized spacial score (nSPS) is 17.2. The van der Waals surface area contributed by atoms with Crippen LogP contribution in [0.15, 0.2) is 18.2 Å². The number of aryl methyl sites for hydroxylation is 1. The summed E-state index contributed by atoms with van der Waals surface area (Å²) in [6.07, 6.45) is 4.89. The van der Waals surface area contributed by atoms with Crippen LogP contribution in [0.2, 0.25) is 0 Å². The maximum absolute atomic E-state index is 11.9. The monoisotopic (exact) mass is 327 g/mol. The van der Waals surface area contributed by atoms with Gasteiger partial charge >= 0.3 is 0 Å². The first kappa shape index (κ1) is 17.0. The predicted molar refractivity (Wildman–Crippen MR) is 101 cm³/mol. The minimum atomic E-state index is 0.0993. The number of rotatable bonds is 6. The second-order valence-electron chi connectivity index (χ2n) is 6.76. The van der Waals surface area contributed by atoms with Gasteiger partial charge in [-0.1, -0.05) is 20.8 Å². The largest absolute Gasteiger partial charge is 0.358 e. The highest BCUT2D eigenvalue weighted by molar-refractivity contribution is 5.95. The van der Waals surface area contributed by atoms with E-state index in [1.165, 1.54) is 28.6 Å². The molecule has 1 heterocycles. The Bertz CT molecular complexity index is 715. The maximum atomic E-state index is 11.9. The fraction of sp³-hybridized carbons (Fsp3) is 0.550. The Labute approximate surface area is 144 Å². The number of aromatic nitrogens is 1. The van der Waals surface area contributed by atoms with Crippen LogP contribution in [0, 0.1) is 0 Å². The molecular weight excluding hydrogens is 298 g/mol. The molecule has 1 aromatic carbocycles. The van der Waals surface area contributed by atoms with Crippen LogP contribution in [0.4, 0.5) is 5.69 Å². The van der Waals surface area contributed by atoms with Crippen LogP contribution in [0.3, 0.4) is 0 Å². The number of carbonyl (C=O) groups excluding carboxylic acids is 1. The molecule has 3 rings (SSSR count). The van der Waals surface area contributed by atoms with Crippen LogP contribution in [0.25, 0.3) is 10.9 Å². The molecule has 1 aromatic heterocycles. The molecule has 130 valence electrons.